The number of carbonyl (C=O) groups is 2. The fourth-order valence-corrected chi connectivity index (χ4v) is 3.21. The Morgan fingerprint density at radius 3 is 2.25 bits per heavy atom. The van der Waals surface area contributed by atoms with E-state index in [0.29, 0.717) is 28.8 Å². The highest BCUT2D eigenvalue weighted by Crippen LogP contribution is 2.23. The van der Waals surface area contributed by atoms with Crippen LogP contribution >= 0.6 is 15.9 Å². The lowest BCUT2D eigenvalue weighted by molar-refractivity contribution is -0.185. The summed E-state index contributed by atoms with van der Waals surface area (Å²) >= 11 is 3.26. The molecule has 0 atom stereocenters. The highest BCUT2D eigenvalue weighted by Gasteiger charge is 2.43. The topological polar surface area (TPSA) is 65.5 Å². The smallest absolute Gasteiger partial charge is 0.368 e. The Bertz CT molecular complexity index is 866. The summed E-state index contributed by atoms with van der Waals surface area (Å²) in [4.78, 5) is 30.2. The highest BCUT2D eigenvalue weighted by molar-refractivity contribution is 9.10. The first-order valence-corrected chi connectivity index (χ1v) is 9.16. The number of anilines is 2. The molecule has 2 amide bonds. The first-order chi connectivity index (χ1) is 13.2. The maximum Gasteiger partial charge on any atom is 0.471 e. The number of piperazine rings is 1. The van der Waals surface area contributed by atoms with Crippen molar-refractivity contribution in [2.45, 2.75) is 6.18 Å². The van der Waals surface area contributed by atoms with Crippen molar-refractivity contribution >= 4 is 39.1 Å². The fourth-order valence-electron chi connectivity index (χ4n) is 2.84. The van der Waals surface area contributed by atoms with Gasteiger partial charge in [-0.15, -0.1) is 0 Å². The molecule has 0 aliphatic carbocycles. The van der Waals surface area contributed by atoms with E-state index >= 15 is 0 Å². The summed E-state index contributed by atoms with van der Waals surface area (Å²) < 4.78 is 38.2. The highest BCUT2D eigenvalue weighted by atomic mass is 79.9. The van der Waals surface area contributed by atoms with E-state index in [9.17, 15) is 22.8 Å². The molecule has 0 unspecified atom stereocenters. The van der Waals surface area contributed by atoms with Crippen LogP contribution in [0, 0.1) is 0 Å². The van der Waals surface area contributed by atoms with Crippen LogP contribution in [0.3, 0.4) is 0 Å². The molecule has 1 fully saturated rings. The Balaban J connectivity index is 1.58. The molecule has 0 saturated carbocycles. The SMILES string of the molecule is O=C(Nc1ccc(N2CCN(C(=O)C(F)(F)F)CC2)cc1)c1cncc(Br)c1. The molecule has 0 bridgehead atoms. The van der Waals surface area contributed by atoms with E-state index in [4.69, 9.17) is 0 Å². The Morgan fingerprint density at radius 1 is 1.04 bits per heavy atom. The van der Waals surface area contributed by atoms with Crippen molar-refractivity contribution in [3.05, 3.63) is 52.8 Å². The van der Waals surface area contributed by atoms with Crippen LogP contribution in [0.1, 0.15) is 10.4 Å². The average molecular weight is 457 g/mol. The van der Waals surface area contributed by atoms with Gasteiger partial charge in [-0.1, -0.05) is 0 Å². The molecular weight excluding hydrogens is 441 g/mol. The fraction of sp³-hybridized carbons (Fsp3) is 0.278. The molecule has 1 aromatic carbocycles. The molecule has 1 aliphatic rings. The van der Waals surface area contributed by atoms with Crippen molar-refractivity contribution in [3.8, 4) is 0 Å². The molecule has 28 heavy (non-hydrogen) atoms. The normalized spacial score (nSPS) is 14.7. The van der Waals surface area contributed by atoms with Gasteiger partial charge >= 0.3 is 12.1 Å². The van der Waals surface area contributed by atoms with E-state index in [1.165, 1.54) is 6.20 Å². The van der Waals surface area contributed by atoms with Gasteiger partial charge in [0.1, 0.15) is 0 Å². The Labute approximate surface area is 167 Å². The molecule has 1 N–H and O–H groups in total. The second-order valence-electron chi connectivity index (χ2n) is 6.17. The molecular formula is C18H16BrF3N4O2. The van der Waals surface area contributed by atoms with Crippen LogP contribution in [0.15, 0.2) is 47.2 Å². The van der Waals surface area contributed by atoms with E-state index in [-0.39, 0.29) is 19.0 Å². The lowest BCUT2D eigenvalue weighted by Gasteiger charge is -2.36. The van der Waals surface area contributed by atoms with Gasteiger partial charge in [-0.3, -0.25) is 14.6 Å². The van der Waals surface area contributed by atoms with Crippen LogP contribution in [0.5, 0.6) is 0 Å². The summed E-state index contributed by atoms with van der Waals surface area (Å²) in [6, 6.07) is 8.63. The molecule has 148 valence electrons. The number of benzene rings is 1. The zero-order valence-corrected chi connectivity index (χ0v) is 16.1. The number of hydrogen-bond acceptors (Lipinski definition) is 4. The number of nitrogens with one attached hydrogen (secondary N) is 1. The van der Waals surface area contributed by atoms with Crippen molar-refractivity contribution in [2.24, 2.45) is 0 Å². The van der Waals surface area contributed by atoms with Crippen molar-refractivity contribution < 1.29 is 22.8 Å². The van der Waals surface area contributed by atoms with E-state index < -0.39 is 12.1 Å². The number of pyridine rings is 1. The summed E-state index contributed by atoms with van der Waals surface area (Å²) in [5.41, 5.74) is 1.80. The van der Waals surface area contributed by atoms with Gasteiger partial charge in [0, 0.05) is 54.4 Å². The van der Waals surface area contributed by atoms with Crippen molar-refractivity contribution in [2.75, 3.05) is 36.4 Å². The summed E-state index contributed by atoms with van der Waals surface area (Å²) in [6.45, 7) is 0.619. The number of rotatable bonds is 3. The van der Waals surface area contributed by atoms with Crippen molar-refractivity contribution in [1.29, 1.82) is 0 Å². The minimum absolute atomic E-state index is 0.00666. The average Bonchev–Trinajstić information content (AvgIpc) is 2.67. The quantitative estimate of drug-likeness (QED) is 0.769. The molecule has 2 heterocycles. The second-order valence-corrected chi connectivity index (χ2v) is 7.09. The van der Waals surface area contributed by atoms with Crippen LogP contribution < -0.4 is 10.2 Å². The molecule has 3 rings (SSSR count). The lowest BCUT2D eigenvalue weighted by Crippen LogP contribution is -2.52. The van der Waals surface area contributed by atoms with Gasteiger partial charge in [-0.05, 0) is 46.3 Å². The van der Waals surface area contributed by atoms with Crippen molar-refractivity contribution in [1.82, 2.24) is 9.88 Å². The predicted molar refractivity (Wildman–Crippen MR) is 101 cm³/mol. The van der Waals surface area contributed by atoms with Crippen LogP contribution in [0.25, 0.3) is 0 Å². The third-order valence-corrected chi connectivity index (χ3v) is 4.70. The first kappa shape index (κ1) is 20.1. The number of carbonyl (C=O) groups excluding carboxylic acids is 2. The van der Waals surface area contributed by atoms with E-state index in [1.807, 2.05) is 4.90 Å². The third kappa shape index (κ3) is 4.80. The maximum atomic E-state index is 12.5. The summed E-state index contributed by atoms with van der Waals surface area (Å²) in [5, 5.41) is 2.76. The number of aromatic nitrogens is 1. The minimum atomic E-state index is -4.84. The molecule has 0 spiro atoms. The molecule has 1 saturated heterocycles. The lowest BCUT2D eigenvalue weighted by atomic mass is 10.2. The largest absolute Gasteiger partial charge is 0.471 e. The molecule has 6 nitrogen and oxygen atoms in total. The monoisotopic (exact) mass is 456 g/mol. The van der Waals surface area contributed by atoms with Crippen LogP contribution in [-0.4, -0.2) is 54.1 Å². The zero-order chi connectivity index (χ0) is 20.3. The second kappa shape index (κ2) is 8.17. The van der Waals surface area contributed by atoms with E-state index in [2.05, 4.69) is 26.2 Å². The summed E-state index contributed by atoms with van der Waals surface area (Å²) in [6.07, 6.45) is -1.81. The summed E-state index contributed by atoms with van der Waals surface area (Å²) in [5.74, 6) is -2.10. The molecule has 1 aliphatic heterocycles. The van der Waals surface area contributed by atoms with Crippen LogP contribution in [-0.2, 0) is 4.79 Å². The molecule has 0 radical (unpaired) electrons. The Hall–Kier alpha value is -2.62. The first-order valence-electron chi connectivity index (χ1n) is 8.37. The Morgan fingerprint density at radius 2 is 1.68 bits per heavy atom. The van der Waals surface area contributed by atoms with Crippen LogP contribution in [0.2, 0.25) is 0 Å². The van der Waals surface area contributed by atoms with Gasteiger partial charge in [0.2, 0.25) is 0 Å². The van der Waals surface area contributed by atoms with Gasteiger partial charge < -0.3 is 15.1 Å². The number of halogens is 4. The van der Waals surface area contributed by atoms with Crippen LogP contribution in [0.4, 0.5) is 24.5 Å². The number of nitrogens with zero attached hydrogens (tertiary/aromatic N) is 3. The van der Waals surface area contributed by atoms with E-state index in [0.717, 1.165) is 10.6 Å². The molecule has 10 heteroatoms. The zero-order valence-electron chi connectivity index (χ0n) is 14.5. The van der Waals surface area contributed by atoms with Gasteiger partial charge in [0.05, 0.1) is 5.56 Å². The minimum Gasteiger partial charge on any atom is -0.368 e. The van der Waals surface area contributed by atoms with Gasteiger partial charge in [0.25, 0.3) is 5.91 Å². The standard InChI is InChI=1S/C18H16BrF3N4O2/c19-13-9-12(10-23-11-13)16(27)24-14-1-3-15(4-2-14)25-5-7-26(8-6-25)17(28)18(20,21)22/h1-4,9-11H,5-8H2,(H,24,27). The number of amides is 2. The number of alkyl halides is 3. The van der Waals surface area contributed by atoms with E-state index in [1.54, 1.807) is 36.5 Å². The Kier molecular flexibility index (Phi) is 5.87. The maximum absolute atomic E-state index is 12.5. The third-order valence-electron chi connectivity index (χ3n) is 4.27. The van der Waals surface area contributed by atoms with Gasteiger partial charge in [0.15, 0.2) is 0 Å². The van der Waals surface area contributed by atoms with Gasteiger partial charge in [-0.25, -0.2) is 0 Å². The van der Waals surface area contributed by atoms with Crippen molar-refractivity contribution in [3.63, 3.8) is 0 Å². The predicted octanol–water partition coefficient (Wildman–Crippen LogP) is 3.31. The summed E-state index contributed by atoms with van der Waals surface area (Å²) in [7, 11) is 0. The number of hydrogen-bond donors (Lipinski definition) is 1. The van der Waals surface area contributed by atoms with Gasteiger partial charge in [-0.2, -0.15) is 13.2 Å². The molecule has 2 aromatic rings. The molecule has 1 aromatic heterocycles.